The second-order valence-electron chi connectivity index (χ2n) is 8.15. The molecule has 0 aliphatic carbocycles. The fourth-order valence-corrected chi connectivity index (χ4v) is 1.82. The molecule has 0 aromatic heterocycles. The van der Waals surface area contributed by atoms with Crippen LogP contribution >= 0.6 is 0 Å². The van der Waals surface area contributed by atoms with Gasteiger partial charge < -0.3 is 31.1 Å². The van der Waals surface area contributed by atoms with Crippen LogP contribution in [0, 0.1) is 0 Å². The SMILES string of the molecule is CC(C)(C)NCC(O)(CO)C[C@@](O)(CO)CNC(C)(C)C. The van der Waals surface area contributed by atoms with Gasteiger partial charge >= 0.3 is 0 Å². The molecule has 2 atom stereocenters. The minimum absolute atomic E-state index is 0.126. The molecule has 0 aliphatic heterocycles. The maximum Gasteiger partial charge on any atom is 0.103 e. The predicted octanol–water partition coefficient (Wildman–Crippen LogP) is -0.400. The van der Waals surface area contributed by atoms with Gasteiger partial charge in [-0.2, -0.15) is 0 Å². The number of aliphatic hydroxyl groups is 4. The Labute approximate surface area is 128 Å². The van der Waals surface area contributed by atoms with Crippen LogP contribution in [0.5, 0.6) is 0 Å². The lowest BCUT2D eigenvalue weighted by molar-refractivity contribution is -0.107. The highest BCUT2D eigenvalue weighted by molar-refractivity contribution is 4.95. The fourth-order valence-electron chi connectivity index (χ4n) is 1.82. The summed E-state index contributed by atoms with van der Waals surface area (Å²) >= 11 is 0. The smallest absolute Gasteiger partial charge is 0.103 e. The molecule has 128 valence electrons. The van der Waals surface area contributed by atoms with Gasteiger partial charge in [0.2, 0.25) is 0 Å². The third kappa shape index (κ3) is 9.39. The molecule has 0 aromatic rings. The summed E-state index contributed by atoms with van der Waals surface area (Å²) < 4.78 is 0. The van der Waals surface area contributed by atoms with Crippen molar-refractivity contribution in [1.29, 1.82) is 0 Å². The molecule has 6 N–H and O–H groups in total. The Morgan fingerprint density at radius 2 is 0.952 bits per heavy atom. The van der Waals surface area contributed by atoms with E-state index in [1.165, 1.54) is 0 Å². The predicted molar refractivity (Wildman–Crippen MR) is 84.2 cm³/mol. The van der Waals surface area contributed by atoms with Gasteiger partial charge in [0.1, 0.15) is 11.2 Å². The molecule has 0 heterocycles. The molecule has 6 heteroatoms. The third-order valence-corrected chi connectivity index (χ3v) is 3.14. The van der Waals surface area contributed by atoms with Crippen LogP contribution in [0.4, 0.5) is 0 Å². The van der Waals surface area contributed by atoms with E-state index in [1.54, 1.807) is 0 Å². The van der Waals surface area contributed by atoms with Gasteiger partial charge in [-0.15, -0.1) is 0 Å². The maximum absolute atomic E-state index is 10.5. The van der Waals surface area contributed by atoms with E-state index in [0.717, 1.165) is 0 Å². The molecule has 21 heavy (non-hydrogen) atoms. The van der Waals surface area contributed by atoms with Gasteiger partial charge in [0.15, 0.2) is 0 Å². The molecule has 0 radical (unpaired) electrons. The van der Waals surface area contributed by atoms with Crippen molar-refractivity contribution >= 4 is 0 Å². The van der Waals surface area contributed by atoms with Gasteiger partial charge in [-0.25, -0.2) is 0 Å². The van der Waals surface area contributed by atoms with Gasteiger partial charge in [-0.1, -0.05) is 0 Å². The molecule has 0 bridgehead atoms. The van der Waals surface area contributed by atoms with E-state index in [-0.39, 0.29) is 30.6 Å². The van der Waals surface area contributed by atoms with Gasteiger partial charge in [-0.3, -0.25) is 0 Å². The Hall–Kier alpha value is -0.240. The number of hydrogen-bond donors (Lipinski definition) is 6. The van der Waals surface area contributed by atoms with E-state index >= 15 is 0 Å². The van der Waals surface area contributed by atoms with Crippen molar-refractivity contribution in [3.8, 4) is 0 Å². The zero-order valence-electron chi connectivity index (χ0n) is 14.3. The number of nitrogens with one attached hydrogen (secondary N) is 2. The Morgan fingerprint density at radius 1 is 0.667 bits per heavy atom. The Balaban J connectivity index is 4.79. The average molecular weight is 306 g/mol. The average Bonchev–Trinajstić information content (AvgIpc) is 2.33. The second kappa shape index (κ2) is 7.35. The summed E-state index contributed by atoms with van der Waals surface area (Å²) in [6.45, 7) is 11.0. The number of hydrogen-bond acceptors (Lipinski definition) is 6. The Kier molecular flexibility index (Phi) is 7.27. The zero-order valence-corrected chi connectivity index (χ0v) is 14.3. The number of β-amino-alcohol motifs (C(OH)–C–C–N with tert-alkyl or cyclic N) is 2. The van der Waals surface area contributed by atoms with Crippen molar-refractivity contribution in [1.82, 2.24) is 10.6 Å². The van der Waals surface area contributed by atoms with E-state index in [1.807, 2.05) is 41.5 Å². The lowest BCUT2D eigenvalue weighted by Crippen LogP contribution is -2.58. The van der Waals surface area contributed by atoms with Crippen molar-refractivity contribution in [3.63, 3.8) is 0 Å². The first-order chi connectivity index (χ1) is 9.24. The van der Waals surface area contributed by atoms with Crippen LogP contribution < -0.4 is 10.6 Å². The quantitative estimate of drug-likeness (QED) is 0.365. The Morgan fingerprint density at radius 3 is 1.14 bits per heavy atom. The first-order valence-corrected chi connectivity index (χ1v) is 7.41. The maximum atomic E-state index is 10.5. The van der Waals surface area contributed by atoms with Crippen LogP contribution in [0.3, 0.4) is 0 Å². The van der Waals surface area contributed by atoms with E-state index in [0.29, 0.717) is 0 Å². The van der Waals surface area contributed by atoms with Crippen LogP contribution in [0.2, 0.25) is 0 Å². The van der Waals surface area contributed by atoms with Gasteiger partial charge in [0.05, 0.1) is 13.2 Å². The normalized spacial score (nSPS) is 19.1. The molecular weight excluding hydrogens is 272 g/mol. The second-order valence-corrected chi connectivity index (χ2v) is 8.15. The minimum Gasteiger partial charge on any atom is -0.393 e. The summed E-state index contributed by atoms with van der Waals surface area (Å²) in [5, 5.41) is 46.1. The highest BCUT2D eigenvalue weighted by Crippen LogP contribution is 2.21. The summed E-state index contributed by atoms with van der Waals surface area (Å²) in [6, 6.07) is 0. The largest absolute Gasteiger partial charge is 0.393 e. The molecular formula is C15H34N2O4. The van der Waals surface area contributed by atoms with Gasteiger partial charge in [0, 0.05) is 30.6 Å². The number of rotatable bonds is 8. The minimum atomic E-state index is -1.50. The van der Waals surface area contributed by atoms with Crippen LogP contribution in [0.1, 0.15) is 48.0 Å². The zero-order chi connectivity index (χ0) is 16.9. The van der Waals surface area contributed by atoms with Crippen molar-refractivity contribution < 1.29 is 20.4 Å². The molecule has 0 spiro atoms. The van der Waals surface area contributed by atoms with Crippen molar-refractivity contribution in [2.45, 2.75) is 70.2 Å². The van der Waals surface area contributed by atoms with E-state index in [2.05, 4.69) is 10.6 Å². The highest BCUT2D eigenvalue weighted by atomic mass is 16.3. The van der Waals surface area contributed by atoms with Crippen LogP contribution in [0.25, 0.3) is 0 Å². The molecule has 0 aliphatic rings. The van der Waals surface area contributed by atoms with E-state index in [9.17, 15) is 20.4 Å². The highest BCUT2D eigenvalue weighted by Gasteiger charge is 2.39. The van der Waals surface area contributed by atoms with Crippen molar-refractivity contribution in [2.75, 3.05) is 26.3 Å². The molecule has 6 nitrogen and oxygen atoms in total. The molecule has 0 rings (SSSR count). The molecule has 1 unspecified atom stereocenters. The molecule has 0 aromatic carbocycles. The van der Waals surface area contributed by atoms with Crippen molar-refractivity contribution in [2.24, 2.45) is 0 Å². The van der Waals surface area contributed by atoms with E-state index in [4.69, 9.17) is 0 Å². The molecule has 0 saturated carbocycles. The first kappa shape index (κ1) is 20.8. The van der Waals surface area contributed by atoms with Gasteiger partial charge in [-0.05, 0) is 41.5 Å². The Bertz CT molecular complexity index is 282. The first-order valence-electron chi connectivity index (χ1n) is 7.41. The summed E-state index contributed by atoms with van der Waals surface area (Å²) in [4.78, 5) is 0. The molecule has 0 amide bonds. The van der Waals surface area contributed by atoms with Crippen LogP contribution in [-0.2, 0) is 0 Å². The van der Waals surface area contributed by atoms with Gasteiger partial charge in [0.25, 0.3) is 0 Å². The monoisotopic (exact) mass is 306 g/mol. The van der Waals surface area contributed by atoms with E-state index < -0.39 is 24.4 Å². The number of aliphatic hydroxyl groups excluding tert-OH is 2. The van der Waals surface area contributed by atoms with Crippen LogP contribution in [0.15, 0.2) is 0 Å². The van der Waals surface area contributed by atoms with Crippen molar-refractivity contribution in [3.05, 3.63) is 0 Å². The van der Waals surface area contributed by atoms with Crippen LogP contribution in [-0.4, -0.2) is 69.0 Å². The topological polar surface area (TPSA) is 105 Å². The lowest BCUT2D eigenvalue weighted by Gasteiger charge is -2.38. The standard InChI is InChI=1S/C15H34N2O4/c1-12(2,3)16-8-14(20,10-18)7-15(21,11-19)9-17-13(4,5)6/h16-21H,7-11H2,1-6H3/t14-,15?/m0/s1. The summed E-state index contributed by atoms with van der Waals surface area (Å²) in [5.41, 5.74) is -3.43. The fraction of sp³-hybridized carbons (Fsp3) is 1.00. The molecule has 0 saturated heterocycles. The molecule has 0 fully saturated rings. The summed E-state index contributed by atoms with van der Waals surface area (Å²) in [5.74, 6) is 0. The lowest BCUT2D eigenvalue weighted by atomic mass is 9.86. The third-order valence-electron chi connectivity index (χ3n) is 3.14. The summed E-state index contributed by atoms with van der Waals surface area (Å²) in [7, 11) is 0. The summed E-state index contributed by atoms with van der Waals surface area (Å²) in [6.07, 6.45) is -0.126.